The molecular formula is C25H28N2O5. The van der Waals surface area contributed by atoms with Crippen molar-refractivity contribution in [1.29, 1.82) is 0 Å². The van der Waals surface area contributed by atoms with Crippen molar-refractivity contribution in [2.75, 3.05) is 25.1 Å². The third kappa shape index (κ3) is 4.67. The largest absolute Gasteiger partial charge is 0.489 e. The van der Waals surface area contributed by atoms with Crippen LogP contribution in [0.15, 0.2) is 42.5 Å². The number of imide groups is 1. The molecule has 1 N–H and O–H groups in total. The van der Waals surface area contributed by atoms with Crippen molar-refractivity contribution in [3.8, 4) is 5.75 Å². The van der Waals surface area contributed by atoms with Crippen molar-refractivity contribution >= 4 is 23.4 Å². The molecule has 1 fully saturated rings. The molecule has 32 heavy (non-hydrogen) atoms. The maximum Gasteiger partial charge on any atom is 0.261 e. The van der Waals surface area contributed by atoms with E-state index in [4.69, 9.17) is 9.47 Å². The van der Waals surface area contributed by atoms with Gasteiger partial charge in [-0.25, -0.2) is 0 Å². The van der Waals surface area contributed by atoms with Crippen LogP contribution in [0.25, 0.3) is 0 Å². The molecule has 7 heteroatoms. The molecule has 1 saturated heterocycles. The number of benzene rings is 2. The number of unbranched alkanes of at least 4 members (excludes halogenated alkanes) is 1. The van der Waals surface area contributed by atoms with Crippen LogP contribution >= 0.6 is 0 Å². The lowest BCUT2D eigenvalue weighted by Crippen LogP contribution is -2.30. The van der Waals surface area contributed by atoms with Crippen LogP contribution in [0.5, 0.6) is 5.75 Å². The van der Waals surface area contributed by atoms with Crippen molar-refractivity contribution < 1.29 is 23.9 Å². The second-order valence-electron chi connectivity index (χ2n) is 8.13. The summed E-state index contributed by atoms with van der Waals surface area (Å²) in [5.41, 5.74) is 1.48. The number of ether oxygens (including phenoxy) is 2. The van der Waals surface area contributed by atoms with E-state index in [9.17, 15) is 14.4 Å². The van der Waals surface area contributed by atoms with E-state index in [1.54, 1.807) is 24.3 Å². The Morgan fingerprint density at radius 3 is 2.72 bits per heavy atom. The van der Waals surface area contributed by atoms with Crippen molar-refractivity contribution in [2.24, 2.45) is 0 Å². The zero-order valence-corrected chi connectivity index (χ0v) is 18.3. The Labute approximate surface area is 187 Å². The second kappa shape index (κ2) is 9.96. The Kier molecular flexibility index (Phi) is 6.85. The van der Waals surface area contributed by atoms with Gasteiger partial charge in [-0.1, -0.05) is 25.5 Å². The number of nitrogens with one attached hydrogen (secondary N) is 1. The fourth-order valence-corrected chi connectivity index (χ4v) is 3.96. The molecule has 0 bridgehead atoms. The molecule has 0 spiro atoms. The van der Waals surface area contributed by atoms with E-state index in [2.05, 4.69) is 5.32 Å². The fraction of sp³-hybridized carbons (Fsp3) is 0.400. The quantitative estimate of drug-likeness (QED) is 0.624. The van der Waals surface area contributed by atoms with Gasteiger partial charge in [-0.3, -0.25) is 19.3 Å². The van der Waals surface area contributed by atoms with Gasteiger partial charge in [-0.15, -0.1) is 0 Å². The van der Waals surface area contributed by atoms with E-state index in [-0.39, 0.29) is 29.4 Å². The van der Waals surface area contributed by atoms with Crippen LogP contribution < -0.4 is 10.1 Å². The highest BCUT2D eigenvalue weighted by Gasteiger charge is 2.35. The van der Waals surface area contributed by atoms with Crippen molar-refractivity contribution in [1.82, 2.24) is 4.90 Å². The minimum atomic E-state index is -0.370. The summed E-state index contributed by atoms with van der Waals surface area (Å²) in [6.45, 7) is 3.57. The van der Waals surface area contributed by atoms with Gasteiger partial charge in [0.15, 0.2) is 0 Å². The monoisotopic (exact) mass is 436 g/mol. The highest BCUT2D eigenvalue weighted by molar-refractivity contribution is 6.22. The van der Waals surface area contributed by atoms with Crippen LogP contribution in [0.1, 0.15) is 70.1 Å². The second-order valence-corrected chi connectivity index (χ2v) is 8.13. The van der Waals surface area contributed by atoms with Gasteiger partial charge in [-0.05, 0) is 56.0 Å². The maximum absolute atomic E-state index is 12.9. The van der Waals surface area contributed by atoms with Gasteiger partial charge in [-0.2, -0.15) is 0 Å². The smallest absolute Gasteiger partial charge is 0.261 e. The number of nitrogens with zero attached hydrogens (tertiary/aromatic N) is 1. The first-order valence-corrected chi connectivity index (χ1v) is 11.2. The lowest BCUT2D eigenvalue weighted by molar-refractivity contribution is -0.0109. The van der Waals surface area contributed by atoms with Gasteiger partial charge in [0.2, 0.25) is 0 Å². The molecule has 7 nitrogen and oxygen atoms in total. The van der Waals surface area contributed by atoms with Gasteiger partial charge in [0.1, 0.15) is 12.4 Å². The molecule has 2 heterocycles. The summed E-state index contributed by atoms with van der Waals surface area (Å²) in [7, 11) is 0. The summed E-state index contributed by atoms with van der Waals surface area (Å²) >= 11 is 0. The van der Waals surface area contributed by atoms with Crippen LogP contribution in [-0.4, -0.2) is 48.5 Å². The number of rotatable bonds is 8. The lowest BCUT2D eigenvalue weighted by atomic mass is 10.1. The van der Waals surface area contributed by atoms with Crippen molar-refractivity contribution in [3.63, 3.8) is 0 Å². The van der Waals surface area contributed by atoms with Crippen LogP contribution in [-0.2, 0) is 4.74 Å². The molecule has 2 aliphatic heterocycles. The van der Waals surface area contributed by atoms with Gasteiger partial charge < -0.3 is 14.8 Å². The van der Waals surface area contributed by atoms with Gasteiger partial charge in [0.25, 0.3) is 17.7 Å². The first kappa shape index (κ1) is 22.0. The summed E-state index contributed by atoms with van der Waals surface area (Å²) in [5.74, 6) is -0.448. The minimum absolute atomic E-state index is 0.0587. The Balaban J connectivity index is 1.46. The van der Waals surface area contributed by atoms with E-state index in [1.807, 2.05) is 19.1 Å². The molecule has 168 valence electrons. The van der Waals surface area contributed by atoms with Crippen molar-refractivity contribution in [2.45, 2.75) is 45.1 Å². The number of carbonyl (C=O) groups is 3. The topological polar surface area (TPSA) is 84.9 Å². The normalized spacial score (nSPS) is 17.9. The van der Waals surface area contributed by atoms with E-state index < -0.39 is 0 Å². The summed E-state index contributed by atoms with van der Waals surface area (Å²) in [5, 5.41) is 2.86. The lowest BCUT2D eigenvalue weighted by Gasteiger charge is -2.23. The molecule has 2 aromatic carbocycles. The number of hydrogen-bond acceptors (Lipinski definition) is 5. The molecular weight excluding hydrogens is 408 g/mol. The first-order chi connectivity index (χ1) is 15.6. The Morgan fingerprint density at radius 2 is 1.94 bits per heavy atom. The Morgan fingerprint density at radius 1 is 1.12 bits per heavy atom. The summed E-state index contributed by atoms with van der Waals surface area (Å²) < 4.78 is 11.6. The zero-order valence-electron chi connectivity index (χ0n) is 18.3. The van der Waals surface area contributed by atoms with E-state index in [0.717, 1.165) is 38.7 Å². The SMILES string of the molecule is CCCCN1C(=O)c2ccc(C(=O)Nc3ccccc3OCC3CCCCO3)cc2C1=O. The van der Waals surface area contributed by atoms with Gasteiger partial charge >= 0.3 is 0 Å². The predicted octanol–water partition coefficient (Wildman–Crippen LogP) is 4.28. The Hall–Kier alpha value is -3.19. The molecule has 2 aliphatic rings. The maximum atomic E-state index is 12.9. The first-order valence-electron chi connectivity index (χ1n) is 11.2. The zero-order chi connectivity index (χ0) is 22.5. The number of anilines is 1. The third-order valence-corrected chi connectivity index (χ3v) is 5.80. The molecule has 0 aromatic heterocycles. The summed E-state index contributed by atoms with van der Waals surface area (Å²) in [4.78, 5) is 39.4. The number of para-hydroxylation sites is 2. The van der Waals surface area contributed by atoms with E-state index in [0.29, 0.717) is 35.7 Å². The molecule has 1 atom stereocenters. The van der Waals surface area contributed by atoms with E-state index in [1.165, 1.54) is 11.0 Å². The summed E-state index contributed by atoms with van der Waals surface area (Å²) in [6, 6.07) is 11.9. The average molecular weight is 437 g/mol. The minimum Gasteiger partial charge on any atom is -0.489 e. The Bertz CT molecular complexity index is 1010. The number of hydrogen-bond donors (Lipinski definition) is 1. The molecule has 3 amide bonds. The highest BCUT2D eigenvalue weighted by Crippen LogP contribution is 2.28. The fourth-order valence-electron chi connectivity index (χ4n) is 3.96. The number of fused-ring (bicyclic) bond motifs is 1. The average Bonchev–Trinajstić information content (AvgIpc) is 3.06. The molecule has 0 radical (unpaired) electrons. The molecule has 0 saturated carbocycles. The molecule has 1 unspecified atom stereocenters. The number of amides is 3. The van der Waals surface area contributed by atoms with Crippen LogP contribution in [0.4, 0.5) is 5.69 Å². The van der Waals surface area contributed by atoms with Crippen molar-refractivity contribution in [3.05, 3.63) is 59.2 Å². The molecule has 0 aliphatic carbocycles. The third-order valence-electron chi connectivity index (χ3n) is 5.80. The predicted molar refractivity (Wildman–Crippen MR) is 120 cm³/mol. The highest BCUT2D eigenvalue weighted by atomic mass is 16.5. The van der Waals surface area contributed by atoms with Crippen LogP contribution in [0.2, 0.25) is 0 Å². The van der Waals surface area contributed by atoms with Gasteiger partial charge in [0, 0.05) is 18.7 Å². The standard InChI is InChI=1S/C25H28N2O5/c1-2-3-13-27-24(29)19-12-11-17(15-20(19)25(27)30)23(28)26-21-9-4-5-10-22(21)32-16-18-8-6-7-14-31-18/h4-5,9-12,15,18H,2-3,6-8,13-14,16H2,1H3,(H,26,28). The molecule has 2 aromatic rings. The van der Waals surface area contributed by atoms with E-state index >= 15 is 0 Å². The summed E-state index contributed by atoms with van der Waals surface area (Å²) in [6.07, 6.45) is 4.86. The van der Waals surface area contributed by atoms with Crippen LogP contribution in [0.3, 0.4) is 0 Å². The molecule has 4 rings (SSSR count). The number of carbonyl (C=O) groups excluding carboxylic acids is 3. The van der Waals surface area contributed by atoms with Crippen LogP contribution in [0, 0.1) is 0 Å². The van der Waals surface area contributed by atoms with Gasteiger partial charge in [0.05, 0.1) is 22.9 Å².